The number of ether oxygens (including phenoxy) is 3. The second-order valence-electron chi connectivity index (χ2n) is 13.8. The number of unbranched alkanes of at least 4 members (excludes halogenated alkanes) is 28. The van der Waals surface area contributed by atoms with Crippen molar-refractivity contribution in [2.75, 3.05) is 26.9 Å². The molecule has 1 aromatic carbocycles. The van der Waals surface area contributed by atoms with Crippen molar-refractivity contribution in [3.8, 4) is 11.5 Å². The quantitative estimate of drug-likeness (QED) is 0.0731. The highest BCUT2D eigenvalue weighted by Gasteiger charge is 2.04. The van der Waals surface area contributed by atoms with Gasteiger partial charge in [-0.1, -0.05) is 180 Å². The summed E-state index contributed by atoms with van der Waals surface area (Å²) in [6.07, 6.45) is 41.6. The molecule has 0 radical (unpaired) electrons. The number of rotatable bonds is 37. The number of hydrogen-bond acceptors (Lipinski definition) is 4. The molecular weight excluding hydrogens is 568 g/mol. The van der Waals surface area contributed by atoms with Crippen molar-refractivity contribution in [3.63, 3.8) is 0 Å². The van der Waals surface area contributed by atoms with Crippen LogP contribution in [0.2, 0.25) is 0 Å². The average molecular weight is 647 g/mol. The van der Waals surface area contributed by atoms with Gasteiger partial charge in [-0.25, -0.2) is 0 Å². The van der Waals surface area contributed by atoms with Gasteiger partial charge in [0.15, 0.2) is 0 Å². The van der Waals surface area contributed by atoms with Gasteiger partial charge in [0.25, 0.3) is 0 Å². The van der Waals surface area contributed by atoms with Gasteiger partial charge in [0.05, 0.1) is 20.3 Å². The molecule has 4 heteroatoms. The molecule has 1 N–H and O–H groups in total. The Morgan fingerprint density at radius 3 is 1.15 bits per heavy atom. The van der Waals surface area contributed by atoms with E-state index < -0.39 is 0 Å². The lowest BCUT2D eigenvalue weighted by molar-refractivity contribution is 0.125. The summed E-state index contributed by atoms with van der Waals surface area (Å²) in [6, 6.07) is 5.64. The molecular formula is C42H78O4. The third-order valence-electron chi connectivity index (χ3n) is 9.52. The summed E-state index contributed by atoms with van der Waals surface area (Å²) in [4.78, 5) is 0. The summed E-state index contributed by atoms with van der Waals surface area (Å²) in [5.74, 6) is 1.50. The number of hydrogen-bond donors (Lipinski definition) is 1. The first kappa shape index (κ1) is 42.8. The molecule has 0 fully saturated rings. The topological polar surface area (TPSA) is 47.9 Å². The Morgan fingerprint density at radius 2 is 0.804 bits per heavy atom. The fourth-order valence-corrected chi connectivity index (χ4v) is 6.42. The van der Waals surface area contributed by atoms with E-state index in [1.54, 1.807) is 7.11 Å². The second-order valence-corrected chi connectivity index (χ2v) is 13.8. The highest BCUT2D eigenvalue weighted by molar-refractivity contribution is 5.40. The lowest BCUT2D eigenvalue weighted by Gasteiger charge is -2.10. The van der Waals surface area contributed by atoms with Gasteiger partial charge in [-0.15, -0.1) is 0 Å². The fourth-order valence-electron chi connectivity index (χ4n) is 6.42. The van der Waals surface area contributed by atoms with Crippen LogP contribution in [0.3, 0.4) is 0 Å². The first-order valence-corrected chi connectivity index (χ1v) is 20.3. The molecule has 0 aliphatic heterocycles. The third kappa shape index (κ3) is 27.8. The molecule has 0 heterocycles. The summed E-state index contributed by atoms with van der Waals surface area (Å²) in [5.41, 5.74) is 0.791. The Balaban J connectivity index is 1.67. The van der Waals surface area contributed by atoms with Crippen molar-refractivity contribution in [2.24, 2.45) is 0 Å². The van der Waals surface area contributed by atoms with Crippen LogP contribution in [-0.4, -0.2) is 32.0 Å². The summed E-state index contributed by atoms with van der Waals surface area (Å²) in [5, 5.41) is 9.32. The molecule has 270 valence electrons. The normalized spacial score (nSPS) is 11.4. The number of methoxy groups -OCH3 is 1. The van der Waals surface area contributed by atoms with E-state index in [0.717, 1.165) is 37.6 Å². The number of benzene rings is 1. The van der Waals surface area contributed by atoms with E-state index in [4.69, 9.17) is 14.2 Å². The third-order valence-corrected chi connectivity index (χ3v) is 9.52. The minimum atomic E-state index is -0.0163. The fraction of sp³-hybridized carbons (Fsp3) is 0.857. The molecule has 1 aromatic rings. The molecule has 0 aliphatic carbocycles. The van der Waals surface area contributed by atoms with Crippen LogP contribution in [-0.2, 0) is 11.3 Å². The van der Waals surface area contributed by atoms with E-state index in [2.05, 4.69) is 6.92 Å². The number of aliphatic hydroxyl groups is 1. The van der Waals surface area contributed by atoms with Crippen molar-refractivity contribution in [1.82, 2.24) is 0 Å². The van der Waals surface area contributed by atoms with E-state index in [0.29, 0.717) is 5.75 Å². The van der Waals surface area contributed by atoms with Crippen LogP contribution >= 0.6 is 0 Å². The Morgan fingerprint density at radius 1 is 0.457 bits per heavy atom. The molecule has 0 aromatic heterocycles. The van der Waals surface area contributed by atoms with Gasteiger partial charge in [-0.05, 0) is 31.4 Å². The molecule has 0 unspecified atom stereocenters. The largest absolute Gasteiger partial charge is 0.496 e. The van der Waals surface area contributed by atoms with Crippen LogP contribution in [0.1, 0.15) is 205 Å². The minimum Gasteiger partial charge on any atom is -0.496 e. The van der Waals surface area contributed by atoms with Crippen LogP contribution in [0, 0.1) is 0 Å². The molecule has 0 saturated heterocycles. The first-order valence-electron chi connectivity index (χ1n) is 20.3. The van der Waals surface area contributed by atoms with Gasteiger partial charge < -0.3 is 19.3 Å². The van der Waals surface area contributed by atoms with Gasteiger partial charge >= 0.3 is 0 Å². The number of aliphatic hydroxyl groups excluding tert-OH is 1. The monoisotopic (exact) mass is 647 g/mol. The molecule has 0 saturated carbocycles. The Hall–Kier alpha value is -1.26. The maximum absolute atomic E-state index is 9.32. The zero-order valence-electron chi connectivity index (χ0n) is 30.9. The molecule has 0 atom stereocenters. The predicted molar refractivity (Wildman–Crippen MR) is 199 cm³/mol. The zero-order chi connectivity index (χ0) is 33.0. The summed E-state index contributed by atoms with van der Waals surface area (Å²) >= 11 is 0. The molecule has 0 bridgehead atoms. The van der Waals surface area contributed by atoms with Crippen LogP contribution in [0.4, 0.5) is 0 Å². The Kier molecular flexibility index (Phi) is 32.6. The smallest absolute Gasteiger partial charge is 0.128 e. The standard InChI is InChI=1S/C42H78O4/c1-3-4-5-6-7-8-9-10-11-12-13-14-15-16-17-18-21-24-27-30-35-45-36-31-28-25-22-19-20-23-26-29-32-37-46-41-34-33-40(39-43)42(38-41)44-2/h33-34,38,43H,3-32,35-37,39H2,1-2H3. The predicted octanol–water partition coefficient (Wildman–Crippen LogP) is 13.3. The molecule has 0 spiro atoms. The van der Waals surface area contributed by atoms with E-state index in [9.17, 15) is 5.11 Å². The lowest BCUT2D eigenvalue weighted by atomic mass is 10.0. The van der Waals surface area contributed by atoms with Crippen molar-refractivity contribution >= 4 is 0 Å². The van der Waals surface area contributed by atoms with Crippen LogP contribution in [0.25, 0.3) is 0 Å². The van der Waals surface area contributed by atoms with Crippen LogP contribution in [0.5, 0.6) is 11.5 Å². The summed E-state index contributed by atoms with van der Waals surface area (Å²) in [6.45, 7) is 4.95. The average Bonchev–Trinajstić information content (AvgIpc) is 3.08. The summed E-state index contributed by atoms with van der Waals surface area (Å²) < 4.78 is 17.0. The minimum absolute atomic E-state index is 0.0163. The second kappa shape index (κ2) is 35.1. The van der Waals surface area contributed by atoms with Gasteiger partial charge in [0.1, 0.15) is 11.5 Å². The van der Waals surface area contributed by atoms with Crippen molar-refractivity contribution in [1.29, 1.82) is 0 Å². The molecule has 4 nitrogen and oxygen atoms in total. The van der Waals surface area contributed by atoms with Gasteiger partial charge in [-0.2, -0.15) is 0 Å². The first-order chi connectivity index (χ1) is 22.8. The summed E-state index contributed by atoms with van der Waals surface area (Å²) in [7, 11) is 1.62. The Bertz CT molecular complexity index is 736. The van der Waals surface area contributed by atoms with Gasteiger partial charge in [-0.3, -0.25) is 0 Å². The van der Waals surface area contributed by atoms with Crippen molar-refractivity contribution in [3.05, 3.63) is 23.8 Å². The maximum atomic E-state index is 9.32. The highest BCUT2D eigenvalue weighted by Crippen LogP contribution is 2.25. The van der Waals surface area contributed by atoms with E-state index in [1.807, 2.05) is 18.2 Å². The molecule has 0 aliphatic rings. The van der Waals surface area contributed by atoms with Crippen LogP contribution in [0.15, 0.2) is 18.2 Å². The highest BCUT2D eigenvalue weighted by atomic mass is 16.5. The van der Waals surface area contributed by atoms with Crippen LogP contribution < -0.4 is 9.47 Å². The van der Waals surface area contributed by atoms with E-state index in [1.165, 1.54) is 186 Å². The van der Waals surface area contributed by atoms with Gasteiger partial charge in [0, 0.05) is 24.8 Å². The zero-order valence-corrected chi connectivity index (χ0v) is 30.9. The lowest BCUT2D eigenvalue weighted by Crippen LogP contribution is -1.99. The maximum Gasteiger partial charge on any atom is 0.128 e. The SMILES string of the molecule is CCCCCCCCCCCCCCCCCCCCCCOCCCCCCCCCCCCOc1ccc(CO)c(OC)c1. The Labute approximate surface area is 287 Å². The van der Waals surface area contributed by atoms with Gasteiger partial charge in [0.2, 0.25) is 0 Å². The molecule has 1 rings (SSSR count). The molecule has 46 heavy (non-hydrogen) atoms. The van der Waals surface area contributed by atoms with E-state index in [-0.39, 0.29) is 6.61 Å². The van der Waals surface area contributed by atoms with Crippen molar-refractivity contribution < 1.29 is 19.3 Å². The van der Waals surface area contributed by atoms with E-state index >= 15 is 0 Å². The molecule has 0 amide bonds. The van der Waals surface area contributed by atoms with Crippen molar-refractivity contribution in [2.45, 2.75) is 206 Å².